The number of hydrogen-bond acceptors (Lipinski definition) is 5. The number of nitrogens with two attached hydrogens (primary N) is 1. The zero-order valence-electron chi connectivity index (χ0n) is 14.9. The molecule has 2 amide bonds. The second-order valence-electron chi connectivity index (χ2n) is 6.21. The smallest absolute Gasteiger partial charge is 0.244 e. The summed E-state index contributed by atoms with van der Waals surface area (Å²) >= 11 is 0. The summed E-state index contributed by atoms with van der Waals surface area (Å²) in [5.41, 5.74) is 6.50. The van der Waals surface area contributed by atoms with Gasteiger partial charge < -0.3 is 5.73 Å². The van der Waals surface area contributed by atoms with Gasteiger partial charge in [-0.05, 0) is 18.4 Å². The van der Waals surface area contributed by atoms with Crippen molar-refractivity contribution in [2.45, 2.75) is 57.2 Å². The molecule has 0 aliphatic rings. The molecular formula is C18H28N2O4S. The molecule has 1 aromatic carbocycles. The maximum atomic E-state index is 12.5. The third kappa shape index (κ3) is 7.36. The van der Waals surface area contributed by atoms with Crippen LogP contribution in [-0.4, -0.2) is 37.3 Å². The zero-order chi connectivity index (χ0) is 18.9. The van der Waals surface area contributed by atoms with Crippen molar-refractivity contribution < 1.29 is 18.0 Å². The molecular weight excluding hydrogens is 340 g/mol. The van der Waals surface area contributed by atoms with Gasteiger partial charge in [0.2, 0.25) is 11.8 Å². The van der Waals surface area contributed by atoms with Gasteiger partial charge in [-0.1, -0.05) is 57.0 Å². The van der Waals surface area contributed by atoms with E-state index in [9.17, 15) is 18.0 Å². The first-order valence-corrected chi connectivity index (χ1v) is 10.4. The van der Waals surface area contributed by atoms with Gasteiger partial charge in [0.25, 0.3) is 0 Å². The lowest BCUT2D eigenvalue weighted by atomic mass is 10.1. The molecule has 0 bridgehead atoms. The summed E-state index contributed by atoms with van der Waals surface area (Å²) in [4.78, 5) is 23.9. The highest BCUT2D eigenvalue weighted by Gasteiger charge is 2.29. The van der Waals surface area contributed by atoms with E-state index in [4.69, 9.17) is 5.73 Å². The highest BCUT2D eigenvalue weighted by atomic mass is 32.2. The van der Waals surface area contributed by atoms with Crippen LogP contribution in [0.3, 0.4) is 0 Å². The van der Waals surface area contributed by atoms with Crippen LogP contribution in [0.2, 0.25) is 0 Å². The first-order chi connectivity index (χ1) is 11.8. The summed E-state index contributed by atoms with van der Waals surface area (Å²) in [5, 5.41) is 1.70. The fraction of sp³-hybridized carbons (Fsp3) is 0.556. The molecule has 0 fully saturated rings. The molecule has 7 heteroatoms. The number of hydrogen-bond donors (Lipinski definition) is 2. The van der Waals surface area contributed by atoms with Gasteiger partial charge in [0.05, 0.1) is 23.5 Å². The minimum Gasteiger partial charge on any atom is -0.319 e. The lowest BCUT2D eigenvalue weighted by molar-refractivity contribution is -0.130. The summed E-state index contributed by atoms with van der Waals surface area (Å²) in [5.74, 6) is -1.69. The molecule has 0 saturated carbocycles. The van der Waals surface area contributed by atoms with Crippen molar-refractivity contribution in [1.29, 1.82) is 0 Å². The van der Waals surface area contributed by atoms with Crippen LogP contribution in [0.25, 0.3) is 0 Å². The maximum absolute atomic E-state index is 12.5. The topological polar surface area (TPSA) is 106 Å². The van der Waals surface area contributed by atoms with E-state index in [1.54, 1.807) is 24.3 Å². The molecule has 6 nitrogen and oxygen atoms in total. The summed E-state index contributed by atoms with van der Waals surface area (Å²) in [6.45, 7) is 3.85. The number of sulfone groups is 1. The van der Waals surface area contributed by atoms with E-state index in [-0.39, 0.29) is 6.42 Å². The number of benzene rings is 1. The van der Waals surface area contributed by atoms with Crippen LogP contribution in [0.5, 0.6) is 0 Å². The second-order valence-corrected chi connectivity index (χ2v) is 8.54. The molecule has 3 N–H and O–H groups in total. The Morgan fingerprint density at radius 3 is 2.16 bits per heavy atom. The van der Waals surface area contributed by atoms with Crippen molar-refractivity contribution in [3.05, 3.63) is 35.9 Å². The quantitative estimate of drug-likeness (QED) is 0.652. The van der Waals surface area contributed by atoms with Gasteiger partial charge in [-0.2, -0.15) is 0 Å². The molecule has 25 heavy (non-hydrogen) atoms. The Morgan fingerprint density at radius 1 is 1.08 bits per heavy atom. The van der Waals surface area contributed by atoms with Crippen molar-refractivity contribution in [3.63, 3.8) is 0 Å². The molecule has 0 unspecified atom stereocenters. The van der Waals surface area contributed by atoms with Gasteiger partial charge in [-0.25, -0.2) is 8.42 Å². The summed E-state index contributed by atoms with van der Waals surface area (Å²) in [7, 11) is -3.48. The Kier molecular flexibility index (Phi) is 8.78. The number of imide groups is 1. The second kappa shape index (κ2) is 10.3. The Morgan fingerprint density at radius 2 is 1.64 bits per heavy atom. The molecule has 0 spiro atoms. The van der Waals surface area contributed by atoms with Crippen molar-refractivity contribution in [1.82, 2.24) is 5.32 Å². The third-order valence-electron chi connectivity index (χ3n) is 3.95. The van der Waals surface area contributed by atoms with Gasteiger partial charge in [-0.15, -0.1) is 0 Å². The molecule has 0 saturated heterocycles. The number of rotatable bonds is 10. The third-order valence-corrected chi connectivity index (χ3v) is 6.26. The molecule has 1 rings (SSSR count). The van der Waals surface area contributed by atoms with Crippen LogP contribution in [0.4, 0.5) is 0 Å². The predicted molar refractivity (Wildman–Crippen MR) is 98.7 cm³/mol. The van der Waals surface area contributed by atoms with Crippen LogP contribution in [0.1, 0.15) is 45.1 Å². The van der Waals surface area contributed by atoms with Crippen molar-refractivity contribution in [2.75, 3.05) is 5.75 Å². The Bertz CT molecular complexity index is 653. The first kappa shape index (κ1) is 21.3. The van der Waals surface area contributed by atoms with Crippen molar-refractivity contribution in [2.24, 2.45) is 5.73 Å². The van der Waals surface area contributed by atoms with E-state index in [0.717, 1.165) is 18.4 Å². The minimum atomic E-state index is -3.48. The molecule has 0 radical (unpaired) electrons. The van der Waals surface area contributed by atoms with E-state index in [2.05, 4.69) is 5.32 Å². The molecule has 0 aliphatic heterocycles. The van der Waals surface area contributed by atoms with E-state index in [0.29, 0.717) is 12.8 Å². The highest BCUT2D eigenvalue weighted by molar-refractivity contribution is 7.92. The number of nitrogens with one attached hydrogen (secondary N) is 1. The van der Waals surface area contributed by atoms with Crippen LogP contribution in [0, 0.1) is 0 Å². The Hall–Kier alpha value is -1.73. The summed E-state index contributed by atoms with van der Waals surface area (Å²) in [6, 6.07) is 7.72. The molecule has 1 atom stereocenters. The molecule has 0 aromatic heterocycles. The van der Waals surface area contributed by atoms with E-state index in [1.165, 1.54) is 0 Å². The summed E-state index contributed by atoms with van der Waals surface area (Å²) in [6.07, 6.45) is 2.65. The molecule has 0 aliphatic carbocycles. The van der Waals surface area contributed by atoms with Gasteiger partial charge in [0, 0.05) is 0 Å². The van der Waals surface area contributed by atoms with Gasteiger partial charge >= 0.3 is 0 Å². The van der Waals surface area contributed by atoms with Crippen molar-refractivity contribution >= 4 is 21.7 Å². The van der Waals surface area contributed by atoms with Crippen LogP contribution >= 0.6 is 0 Å². The monoisotopic (exact) mass is 368 g/mol. The van der Waals surface area contributed by atoms with E-state index in [1.807, 2.05) is 19.9 Å². The Labute approximate surface area is 150 Å². The lowest BCUT2D eigenvalue weighted by Crippen LogP contribution is -2.48. The highest BCUT2D eigenvalue weighted by Crippen LogP contribution is 2.16. The first-order valence-electron chi connectivity index (χ1n) is 8.64. The average molecular weight is 368 g/mol. The van der Waals surface area contributed by atoms with Crippen molar-refractivity contribution in [3.8, 4) is 0 Å². The molecule has 140 valence electrons. The number of amides is 2. The fourth-order valence-electron chi connectivity index (χ4n) is 2.67. The lowest BCUT2D eigenvalue weighted by Gasteiger charge is -2.19. The van der Waals surface area contributed by atoms with Gasteiger partial charge in [0.15, 0.2) is 9.84 Å². The maximum Gasteiger partial charge on any atom is 0.244 e. The average Bonchev–Trinajstić information content (AvgIpc) is 2.55. The fourth-order valence-corrected chi connectivity index (χ4v) is 4.78. The van der Waals surface area contributed by atoms with Crippen LogP contribution in [0.15, 0.2) is 30.3 Å². The van der Waals surface area contributed by atoms with Gasteiger partial charge in [-0.3, -0.25) is 14.9 Å². The number of carbonyl (C=O) groups is 2. The molecule has 1 aromatic rings. The predicted octanol–water partition coefficient (Wildman–Crippen LogP) is 1.58. The largest absolute Gasteiger partial charge is 0.319 e. The minimum absolute atomic E-state index is 0.0420. The normalized spacial score (nSPS) is 12.8. The van der Waals surface area contributed by atoms with Crippen LogP contribution in [-0.2, 0) is 25.8 Å². The van der Waals surface area contributed by atoms with Gasteiger partial charge in [0.1, 0.15) is 0 Å². The Balaban J connectivity index is 2.61. The summed E-state index contributed by atoms with van der Waals surface area (Å²) < 4.78 is 24.9. The van der Waals surface area contributed by atoms with Crippen LogP contribution < -0.4 is 11.1 Å². The standard InChI is InChI=1S/C18H28N2O4S/c1-3-8-15(9-4-2)25(23,24)13-16(19)18(22)20-17(21)12-14-10-6-5-7-11-14/h5-7,10-11,15-16H,3-4,8-9,12-13,19H2,1-2H3,(H,20,21,22)/t16-/m0/s1. The van der Waals surface area contributed by atoms with E-state index >= 15 is 0 Å². The zero-order valence-corrected chi connectivity index (χ0v) is 15.7. The van der Waals surface area contributed by atoms with E-state index < -0.39 is 38.7 Å². The number of carbonyl (C=O) groups excluding carboxylic acids is 2. The molecule has 0 heterocycles. The SMILES string of the molecule is CCCC(CCC)S(=O)(=O)C[C@H](N)C(=O)NC(=O)Cc1ccccc1.